The van der Waals surface area contributed by atoms with Gasteiger partial charge < -0.3 is 15.4 Å². The Balaban J connectivity index is 1.63. The lowest BCUT2D eigenvalue weighted by molar-refractivity contribution is 0.208. The van der Waals surface area contributed by atoms with Crippen LogP contribution < -0.4 is 10.5 Å². The van der Waals surface area contributed by atoms with Crippen molar-refractivity contribution in [1.82, 2.24) is 4.90 Å². The Hall–Kier alpha value is -1.71. The number of nitrogens with two attached hydrogens (primary N) is 1. The highest BCUT2D eigenvalue weighted by Gasteiger charge is 2.18. The maximum atomic E-state index is 6.16. The summed E-state index contributed by atoms with van der Waals surface area (Å²) in [4.78, 5) is 6.79. The predicted molar refractivity (Wildman–Crippen MR) is 90.1 cm³/mol. The third-order valence-electron chi connectivity index (χ3n) is 4.66. The molecule has 4 heteroatoms. The van der Waals surface area contributed by atoms with Crippen LogP contribution in [-0.4, -0.2) is 30.1 Å². The van der Waals surface area contributed by atoms with Crippen molar-refractivity contribution < 1.29 is 4.74 Å². The molecule has 1 aromatic rings. The molecular formula is C18H27N3O. The van der Waals surface area contributed by atoms with E-state index in [4.69, 9.17) is 10.5 Å². The normalized spacial score (nSPS) is 20.4. The predicted octanol–water partition coefficient (Wildman–Crippen LogP) is 3.31. The standard InChI is InChI=1S/C18H27N3O/c19-18(21-12-6-1-7-13-21)20-14-15-8-2-5-11-17(15)22-16-9-3-4-10-16/h2,5,8,11,16H,1,3-4,6-7,9-10,12-14H2,(H2,19,20). The van der Waals surface area contributed by atoms with Gasteiger partial charge in [0.25, 0.3) is 0 Å². The molecule has 0 unspecified atom stereocenters. The van der Waals surface area contributed by atoms with Crippen LogP contribution in [0.1, 0.15) is 50.5 Å². The molecule has 1 heterocycles. The fraction of sp³-hybridized carbons (Fsp3) is 0.611. The molecule has 22 heavy (non-hydrogen) atoms. The van der Waals surface area contributed by atoms with Crippen LogP contribution in [0, 0.1) is 0 Å². The third-order valence-corrected chi connectivity index (χ3v) is 4.66. The molecular weight excluding hydrogens is 274 g/mol. The van der Waals surface area contributed by atoms with Gasteiger partial charge >= 0.3 is 0 Å². The summed E-state index contributed by atoms with van der Waals surface area (Å²) in [6, 6.07) is 8.23. The van der Waals surface area contributed by atoms with Gasteiger partial charge in [-0.1, -0.05) is 18.2 Å². The molecule has 0 radical (unpaired) electrons. The molecule has 0 aromatic heterocycles. The molecule has 0 atom stereocenters. The maximum absolute atomic E-state index is 6.16. The lowest BCUT2D eigenvalue weighted by Gasteiger charge is -2.27. The van der Waals surface area contributed by atoms with Crippen molar-refractivity contribution in [1.29, 1.82) is 0 Å². The highest BCUT2D eigenvalue weighted by Crippen LogP contribution is 2.27. The third kappa shape index (κ3) is 3.93. The second-order valence-electron chi connectivity index (χ2n) is 6.35. The van der Waals surface area contributed by atoms with E-state index in [-0.39, 0.29) is 0 Å². The van der Waals surface area contributed by atoms with Crippen molar-refractivity contribution in [2.75, 3.05) is 13.1 Å². The molecule has 0 amide bonds. The van der Waals surface area contributed by atoms with Crippen LogP contribution >= 0.6 is 0 Å². The number of guanidine groups is 1. The van der Waals surface area contributed by atoms with Gasteiger partial charge in [-0.15, -0.1) is 0 Å². The van der Waals surface area contributed by atoms with E-state index < -0.39 is 0 Å². The Morgan fingerprint density at radius 2 is 1.82 bits per heavy atom. The summed E-state index contributed by atoms with van der Waals surface area (Å²) in [6.45, 7) is 2.68. The molecule has 0 spiro atoms. The number of para-hydroxylation sites is 1. The summed E-state index contributed by atoms with van der Waals surface area (Å²) in [7, 11) is 0. The van der Waals surface area contributed by atoms with Gasteiger partial charge in [-0.2, -0.15) is 0 Å². The van der Waals surface area contributed by atoms with Gasteiger partial charge in [0, 0.05) is 18.7 Å². The Kier molecular flexibility index (Phi) is 5.20. The minimum absolute atomic E-state index is 0.379. The first-order valence-electron chi connectivity index (χ1n) is 8.62. The molecule has 1 saturated heterocycles. The summed E-state index contributed by atoms with van der Waals surface area (Å²) in [5.74, 6) is 1.65. The van der Waals surface area contributed by atoms with Gasteiger partial charge in [0.2, 0.25) is 0 Å². The Morgan fingerprint density at radius 3 is 2.59 bits per heavy atom. The van der Waals surface area contributed by atoms with E-state index in [1.54, 1.807) is 0 Å². The van der Waals surface area contributed by atoms with Crippen LogP contribution in [0.15, 0.2) is 29.3 Å². The lowest BCUT2D eigenvalue weighted by atomic mass is 10.1. The molecule has 1 aromatic carbocycles. The van der Waals surface area contributed by atoms with Crippen LogP contribution in [0.25, 0.3) is 0 Å². The van der Waals surface area contributed by atoms with E-state index in [9.17, 15) is 0 Å². The van der Waals surface area contributed by atoms with E-state index in [2.05, 4.69) is 22.0 Å². The zero-order valence-corrected chi connectivity index (χ0v) is 13.3. The van der Waals surface area contributed by atoms with Crippen molar-refractivity contribution in [3.63, 3.8) is 0 Å². The number of benzene rings is 1. The van der Waals surface area contributed by atoms with E-state index in [1.807, 2.05) is 12.1 Å². The first-order chi connectivity index (χ1) is 10.8. The number of aliphatic imine (C=N–C) groups is 1. The molecule has 2 aliphatic rings. The molecule has 4 nitrogen and oxygen atoms in total. The molecule has 1 saturated carbocycles. The fourth-order valence-corrected chi connectivity index (χ4v) is 3.32. The van der Waals surface area contributed by atoms with Gasteiger partial charge in [0.1, 0.15) is 5.75 Å². The fourth-order valence-electron chi connectivity index (χ4n) is 3.32. The summed E-state index contributed by atoms with van der Waals surface area (Å²) in [5.41, 5.74) is 7.28. The Bertz CT molecular complexity index is 503. The summed E-state index contributed by atoms with van der Waals surface area (Å²) >= 11 is 0. The number of rotatable bonds is 4. The SMILES string of the molecule is NC(=NCc1ccccc1OC1CCCC1)N1CCCCC1. The van der Waals surface area contributed by atoms with Crippen molar-refractivity contribution in [2.45, 2.75) is 57.6 Å². The van der Waals surface area contributed by atoms with E-state index in [0.29, 0.717) is 18.6 Å². The monoisotopic (exact) mass is 301 g/mol. The van der Waals surface area contributed by atoms with Gasteiger partial charge in [0.15, 0.2) is 5.96 Å². The first kappa shape index (κ1) is 15.2. The molecule has 2 fully saturated rings. The van der Waals surface area contributed by atoms with Crippen LogP contribution in [0.5, 0.6) is 5.75 Å². The average Bonchev–Trinajstić information content (AvgIpc) is 3.07. The van der Waals surface area contributed by atoms with Crippen molar-refractivity contribution >= 4 is 5.96 Å². The Morgan fingerprint density at radius 1 is 1.09 bits per heavy atom. The van der Waals surface area contributed by atoms with Crippen molar-refractivity contribution in [2.24, 2.45) is 10.7 Å². The largest absolute Gasteiger partial charge is 0.490 e. The summed E-state index contributed by atoms with van der Waals surface area (Å²) in [5, 5.41) is 0. The van der Waals surface area contributed by atoms with Crippen LogP contribution in [0.2, 0.25) is 0 Å². The minimum Gasteiger partial charge on any atom is -0.490 e. The molecule has 1 aliphatic heterocycles. The topological polar surface area (TPSA) is 50.9 Å². The average molecular weight is 301 g/mol. The van der Waals surface area contributed by atoms with Gasteiger partial charge in [-0.25, -0.2) is 4.99 Å². The first-order valence-corrected chi connectivity index (χ1v) is 8.62. The van der Waals surface area contributed by atoms with Gasteiger partial charge in [-0.05, 0) is 51.0 Å². The zero-order valence-electron chi connectivity index (χ0n) is 13.3. The highest BCUT2D eigenvalue weighted by atomic mass is 16.5. The summed E-state index contributed by atoms with van der Waals surface area (Å²) < 4.78 is 6.16. The van der Waals surface area contributed by atoms with Gasteiger partial charge in [-0.3, -0.25) is 0 Å². The number of hydrogen-bond donors (Lipinski definition) is 1. The number of hydrogen-bond acceptors (Lipinski definition) is 2. The second-order valence-corrected chi connectivity index (χ2v) is 6.35. The zero-order chi connectivity index (χ0) is 15.2. The number of nitrogens with zero attached hydrogens (tertiary/aromatic N) is 2. The van der Waals surface area contributed by atoms with Crippen LogP contribution in [-0.2, 0) is 6.54 Å². The van der Waals surface area contributed by atoms with E-state index >= 15 is 0 Å². The lowest BCUT2D eigenvalue weighted by Crippen LogP contribution is -2.40. The molecule has 120 valence electrons. The van der Waals surface area contributed by atoms with Crippen molar-refractivity contribution in [3.05, 3.63) is 29.8 Å². The number of piperidine rings is 1. The Labute approximate surface area is 133 Å². The van der Waals surface area contributed by atoms with E-state index in [1.165, 1.54) is 44.9 Å². The van der Waals surface area contributed by atoms with Crippen LogP contribution in [0.4, 0.5) is 0 Å². The van der Waals surface area contributed by atoms with Crippen LogP contribution in [0.3, 0.4) is 0 Å². The smallest absolute Gasteiger partial charge is 0.191 e. The number of ether oxygens (including phenoxy) is 1. The summed E-state index contributed by atoms with van der Waals surface area (Å²) in [6.07, 6.45) is 9.04. The molecule has 3 rings (SSSR count). The number of likely N-dealkylation sites (tertiary alicyclic amines) is 1. The van der Waals surface area contributed by atoms with Gasteiger partial charge in [0.05, 0.1) is 12.6 Å². The molecule has 0 bridgehead atoms. The molecule has 2 N–H and O–H groups in total. The highest BCUT2D eigenvalue weighted by molar-refractivity contribution is 5.78. The quantitative estimate of drug-likeness (QED) is 0.685. The maximum Gasteiger partial charge on any atom is 0.191 e. The van der Waals surface area contributed by atoms with Crippen molar-refractivity contribution in [3.8, 4) is 5.75 Å². The van der Waals surface area contributed by atoms with E-state index in [0.717, 1.165) is 24.4 Å². The molecule has 1 aliphatic carbocycles. The minimum atomic E-state index is 0.379. The second kappa shape index (κ2) is 7.52.